The number of nitrogens with one attached hydrogen (secondary N) is 2. The van der Waals surface area contributed by atoms with Crippen LogP contribution in [0.5, 0.6) is 0 Å². The maximum absolute atomic E-state index is 12.2. The molecule has 0 saturated carbocycles. The Balaban J connectivity index is 2.61. The first-order chi connectivity index (χ1) is 9.28. The van der Waals surface area contributed by atoms with E-state index in [-0.39, 0.29) is 6.54 Å². The summed E-state index contributed by atoms with van der Waals surface area (Å²) >= 11 is 0.609. The molecule has 1 aromatic carbocycles. The van der Waals surface area contributed by atoms with Gasteiger partial charge < -0.3 is 11.1 Å². The monoisotopic (exact) mass is 307 g/mol. The lowest BCUT2D eigenvalue weighted by molar-refractivity contribution is -0.118. The molecule has 20 heavy (non-hydrogen) atoms. The predicted octanol–water partition coefficient (Wildman–Crippen LogP) is 1.95. The Kier molecular flexibility index (Phi) is 5.68. The van der Waals surface area contributed by atoms with Gasteiger partial charge in [-0.3, -0.25) is 10.1 Å². The minimum Gasteiger partial charge on any atom is -0.375 e. The van der Waals surface area contributed by atoms with Gasteiger partial charge in [-0.15, -0.1) is 11.8 Å². The number of rotatable bonds is 5. The highest BCUT2D eigenvalue weighted by molar-refractivity contribution is 7.99. The number of primary amides is 1. The van der Waals surface area contributed by atoms with Crippen LogP contribution in [-0.4, -0.2) is 30.4 Å². The fourth-order valence-electron chi connectivity index (χ4n) is 1.26. The summed E-state index contributed by atoms with van der Waals surface area (Å²) in [6, 6.07) is 5.26. The van der Waals surface area contributed by atoms with Crippen molar-refractivity contribution in [2.45, 2.75) is 11.1 Å². The van der Waals surface area contributed by atoms with Crippen molar-refractivity contribution in [2.24, 2.45) is 5.73 Å². The van der Waals surface area contributed by atoms with Crippen LogP contribution in [0, 0.1) is 0 Å². The number of amides is 3. The van der Waals surface area contributed by atoms with Gasteiger partial charge in [-0.2, -0.15) is 13.2 Å². The SMILES string of the molecule is NC(=O)NC(=O)CNc1ccccc1SCC(F)(F)F. The van der Waals surface area contributed by atoms with Gasteiger partial charge in [0.15, 0.2) is 0 Å². The van der Waals surface area contributed by atoms with Crippen LogP contribution < -0.4 is 16.4 Å². The van der Waals surface area contributed by atoms with Crippen molar-refractivity contribution in [3.63, 3.8) is 0 Å². The number of halogens is 3. The van der Waals surface area contributed by atoms with E-state index in [1.54, 1.807) is 12.1 Å². The molecule has 3 amide bonds. The lowest BCUT2D eigenvalue weighted by Gasteiger charge is -2.12. The summed E-state index contributed by atoms with van der Waals surface area (Å²) in [7, 11) is 0. The summed E-state index contributed by atoms with van der Waals surface area (Å²) in [4.78, 5) is 22.0. The summed E-state index contributed by atoms with van der Waals surface area (Å²) in [5.41, 5.74) is 5.14. The van der Waals surface area contributed by atoms with Gasteiger partial charge in [0.2, 0.25) is 5.91 Å². The van der Waals surface area contributed by atoms with Crippen molar-refractivity contribution in [1.29, 1.82) is 0 Å². The van der Waals surface area contributed by atoms with Gasteiger partial charge in [0.1, 0.15) is 0 Å². The summed E-state index contributed by atoms with van der Waals surface area (Å²) < 4.78 is 36.5. The minimum atomic E-state index is -4.28. The average Bonchev–Trinajstić information content (AvgIpc) is 2.33. The number of carbonyl (C=O) groups is 2. The summed E-state index contributed by atoms with van der Waals surface area (Å²) in [5.74, 6) is -1.70. The number of urea groups is 1. The standard InChI is InChI=1S/C11H12F3N3O2S/c12-11(13,14)6-20-8-4-2-1-3-7(8)16-5-9(18)17-10(15)19/h1-4,16H,5-6H2,(H3,15,17,18,19). The Bertz CT molecular complexity index is 494. The number of hydrogen-bond donors (Lipinski definition) is 3. The van der Waals surface area contributed by atoms with Gasteiger partial charge in [0.25, 0.3) is 0 Å². The van der Waals surface area contributed by atoms with Crippen LogP contribution in [-0.2, 0) is 4.79 Å². The molecule has 1 aromatic rings. The maximum atomic E-state index is 12.2. The summed E-state index contributed by atoms with van der Waals surface area (Å²) in [6.45, 7) is -0.271. The Morgan fingerprint density at radius 1 is 1.25 bits per heavy atom. The van der Waals surface area contributed by atoms with Crippen LogP contribution in [0.4, 0.5) is 23.7 Å². The molecule has 9 heteroatoms. The smallest absolute Gasteiger partial charge is 0.375 e. The highest BCUT2D eigenvalue weighted by atomic mass is 32.2. The second kappa shape index (κ2) is 7.04. The second-order valence-corrected chi connectivity index (χ2v) is 4.68. The zero-order valence-electron chi connectivity index (χ0n) is 10.2. The minimum absolute atomic E-state index is 0.271. The molecule has 0 unspecified atom stereocenters. The topological polar surface area (TPSA) is 84.2 Å². The number of nitrogens with two attached hydrogens (primary N) is 1. The fraction of sp³-hybridized carbons (Fsp3) is 0.273. The van der Waals surface area contributed by atoms with Gasteiger partial charge in [-0.25, -0.2) is 4.79 Å². The van der Waals surface area contributed by atoms with Gasteiger partial charge in [0, 0.05) is 10.6 Å². The maximum Gasteiger partial charge on any atom is 0.398 e. The first-order valence-electron chi connectivity index (χ1n) is 5.39. The lowest BCUT2D eigenvalue weighted by Crippen LogP contribution is -2.38. The number of anilines is 1. The van der Waals surface area contributed by atoms with Gasteiger partial charge in [-0.1, -0.05) is 12.1 Å². The van der Waals surface area contributed by atoms with E-state index in [9.17, 15) is 22.8 Å². The predicted molar refractivity (Wildman–Crippen MR) is 69.4 cm³/mol. The van der Waals surface area contributed by atoms with Crippen molar-refractivity contribution >= 4 is 29.4 Å². The average molecular weight is 307 g/mol. The highest BCUT2D eigenvalue weighted by Crippen LogP contribution is 2.31. The van der Waals surface area contributed by atoms with Crippen LogP contribution in [0.3, 0.4) is 0 Å². The fourth-order valence-corrected chi connectivity index (χ4v) is 2.04. The molecule has 0 aliphatic carbocycles. The molecule has 0 spiro atoms. The van der Waals surface area contributed by atoms with E-state index in [1.165, 1.54) is 12.1 Å². The van der Waals surface area contributed by atoms with E-state index in [1.807, 2.05) is 5.32 Å². The molecule has 0 atom stereocenters. The van der Waals surface area contributed by atoms with E-state index in [2.05, 4.69) is 5.32 Å². The van der Waals surface area contributed by atoms with E-state index in [0.717, 1.165) is 0 Å². The molecular weight excluding hydrogens is 295 g/mol. The number of carbonyl (C=O) groups excluding carboxylic acids is 2. The Hall–Kier alpha value is -1.90. The molecule has 4 N–H and O–H groups in total. The van der Waals surface area contributed by atoms with Crippen molar-refractivity contribution in [3.8, 4) is 0 Å². The van der Waals surface area contributed by atoms with Crippen LogP contribution in [0.2, 0.25) is 0 Å². The Morgan fingerprint density at radius 2 is 1.90 bits per heavy atom. The number of para-hydroxylation sites is 1. The molecule has 1 rings (SSSR count). The van der Waals surface area contributed by atoms with Crippen LogP contribution in [0.15, 0.2) is 29.2 Å². The first kappa shape index (κ1) is 16.2. The molecular formula is C11H12F3N3O2S. The van der Waals surface area contributed by atoms with Crippen molar-refractivity contribution in [3.05, 3.63) is 24.3 Å². The largest absolute Gasteiger partial charge is 0.398 e. The van der Waals surface area contributed by atoms with Gasteiger partial charge >= 0.3 is 12.2 Å². The van der Waals surface area contributed by atoms with Crippen molar-refractivity contribution < 1.29 is 22.8 Å². The van der Waals surface area contributed by atoms with E-state index in [4.69, 9.17) is 5.73 Å². The van der Waals surface area contributed by atoms with Crippen LogP contribution in [0.25, 0.3) is 0 Å². The van der Waals surface area contributed by atoms with Gasteiger partial charge in [0.05, 0.1) is 12.3 Å². The molecule has 0 fully saturated rings. The van der Waals surface area contributed by atoms with Crippen LogP contribution >= 0.6 is 11.8 Å². The number of thioether (sulfide) groups is 1. The number of imide groups is 1. The third kappa shape index (κ3) is 6.32. The second-order valence-electron chi connectivity index (χ2n) is 3.67. The molecule has 0 bridgehead atoms. The first-order valence-corrected chi connectivity index (χ1v) is 6.38. The Morgan fingerprint density at radius 3 is 2.50 bits per heavy atom. The highest BCUT2D eigenvalue weighted by Gasteiger charge is 2.27. The zero-order valence-corrected chi connectivity index (χ0v) is 11.0. The number of hydrogen-bond acceptors (Lipinski definition) is 4. The third-order valence-electron chi connectivity index (χ3n) is 1.98. The van der Waals surface area contributed by atoms with E-state index < -0.39 is 23.9 Å². The molecule has 110 valence electrons. The molecule has 0 saturated heterocycles. The summed E-state index contributed by atoms with van der Waals surface area (Å²) in [6.07, 6.45) is -4.28. The van der Waals surface area contributed by atoms with Gasteiger partial charge in [-0.05, 0) is 12.1 Å². The normalized spacial score (nSPS) is 10.9. The zero-order chi connectivity index (χ0) is 15.2. The van der Waals surface area contributed by atoms with Crippen molar-refractivity contribution in [1.82, 2.24) is 5.32 Å². The molecule has 0 aliphatic heterocycles. The molecule has 0 aromatic heterocycles. The van der Waals surface area contributed by atoms with E-state index in [0.29, 0.717) is 22.3 Å². The quantitative estimate of drug-likeness (QED) is 0.726. The van der Waals surface area contributed by atoms with Crippen molar-refractivity contribution in [2.75, 3.05) is 17.6 Å². The third-order valence-corrected chi connectivity index (χ3v) is 3.12. The van der Waals surface area contributed by atoms with Crippen LogP contribution in [0.1, 0.15) is 0 Å². The molecule has 0 aliphatic rings. The molecule has 5 nitrogen and oxygen atoms in total. The summed E-state index contributed by atoms with van der Waals surface area (Å²) in [5, 5.41) is 4.49. The van der Waals surface area contributed by atoms with E-state index >= 15 is 0 Å². The Labute approximate surface area is 117 Å². The number of benzene rings is 1. The number of alkyl halides is 3. The molecule has 0 heterocycles. The lowest BCUT2D eigenvalue weighted by atomic mass is 10.3. The molecule has 0 radical (unpaired) electrons.